The fraction of sp³-hybridized carbons (Fsp3) is 0.529. The summed E-state index contributed by atoms with van der Waals surface area (Å²) in [6, 6.07) is 3.56. The van der Waals surface area contributed by atoms with Crippen LogP contribution < -0.4 is 11.1 Å². The first-order valence-corrected chi connectivity index (χ1v) is 9.59. The highest BCUT2D eigenvalue weighted by molar-refractivity contribution is 7.80. The molecule has 0 aliphatic rings. The number of rotatable bonds is 11. The van der Waals surface area contributed by atoms with E-state index in [2.05, 4.69) is 22.7 Å². The number of amides is 1. The van der Waals surface area contributed by atoms with Gasteiger partial charge in [0, 0.05) is 29.6 Å². The van der Waals surface area contributed by atoms with E-state index in [0.29, 0.717) is 18.7 Å². The van der Waals surface area contributed by atoms with Crippen LogP contribution >= 0.6 is 24.0 Å². The van der Waals surface area contributed by atoms with E-state index in [0.717, 1.165) is 11.3 Å². The standard InChI is InChI=1S/C17H27N3O3S2/c1-20(8-4-3-6-13(18)12-24)15(10-14-7-5-9-25-14)17(22)19-11-16(21)23-2/h3,5-7,9,13,15,24H,4,8,10-12,18H2,1-2H3,(H,19,22)/b6-3+. The van der Waals surface area contributed by atoms with Crippen molar-refractivity contribution in [3.8, 4) is 0 Å². The van der Waals surface area contributed by atoms with Crippen LogP contribution in [0.5, 0.6) is 0 Å². The molecule has 0 aliphatic heterocycles. The van der Waals surface area contributed by atoms with Crippen LogP contribution in [-0.4, -0.2) is 61.9 Å². The summed E-state index contributed by atoms with van der Waals surface area (Å²) in [5.41, 5.74) is 5.79. The molecule has 3 N–H and O–H groups in total. The third-order valence-corrected chi connectivity index (χ3v) is 5.01. The highest BCUT2D eigenvalue weighted by Crippen LogP contribution is 2.14. The molecule has 0 aliphatic carbocycles. The molecule has 0 bridgehead atoms. The Morgan fingerprint density at radius 3 is 2.88 bits per heavy atom. The SMILES string of the molecule is COC(=O)CNC(=O)C(Cc1cccs1)N(C)CC/C=C/C(N)CS. The molecule has 6 nitrogen and oxygen atoms in total. The zero-order valence-electron chi connectivity index (χ0n) is 14.7. The molecule has 1 heterocycles. The molecule has 0 radical (unpaired) electrons. The molecule has 2 unspecified atom stereocenters. The Morgan fingerprint density at radius 2 is 2.28 bits per heavy atom. The van der Waals surface area contributed by atoms with Crippen molar-refractivity contribution in [2.75, 3.05) is 33.0 Å². The molecule has 1 rings (SSSR count). The summed E-state index contributed by atoms with van der Waals surface area (Å²) < 4.78 is 4.57. The van der Waals surface area contributed by atoms with E-state index < -0.39 is 5.97 Å². The lowest BCUT2D eigenvalue weighted by atomic mass is 10.1. The van der Waals surface area contributed by atoms with Crippen LogP contribution in [0.1, 0.15) is 11.3 Å². The van der Waals surface area contributed by atoms with Crippen molar-refractivity contribution in [3.05, 3.63) is 34.5 Å². The average molecular weight is 386 g/mol. The lowest BCUT2D eigenvalue weighted by Gasteiger charge is -2.26. The zero-order chi connectivity index (χ0) is 18.7. The lowest BCUT2D eigenvalue weighted by molar-refractivity contribution is -0.141. The van der Waals surface area contributed by atoms with E-state index in [9.17, 15) is 9.59 Å². The summed E-state index contributed by atoms with van der Waals surface area (Å²) >= 11 is 5.75. The van der Waals surface area contributed by atoms with Crippen molar-refractivity contribution in [2.45, 2.75) is 24.9 Å². The Kier molecular flexibility index (Phi) is 10.5. The molecule has 1 amide bonds. The van der Waals surface area contributed by atoms with Crippen molar-refractivity contribution >= 4 is 35.8 Å². The highest BCUT2D eigenvalue weighted by Gasteiger charge is 2.24. The minimum atomic E-state index is -0.463. The first-order chi connectivity index (χ1) is 12.0. The predicted molar refractivity (Wildman–Crippen MR) is 105 cm³/mol. The third kappa shape index (κ3) is 8.53. The third-order valence-electron chi connectivity index (χ3n) is 3.69. The van der Waals surface area contributed by atoms with Gasteiger partial charge >= 0.3 is 5.97 Å². The number of esters is 1. The van der Waals surface area contributed by atoms with Crippen LogP contribution in [0.2, 0.25) is 0 Å². The molecule has 8 heteroatoms. The second kappa shape index (κ2) is 12.1. The topological polar surface area (TPSA) is 84.7 Å². The summed E-state index contributed by atoms with van der Waals surface area (Å²) in [7, 11) is 3.20. The number of hydrogen-bond acceptors (Lipinski definition) is 7. The number of nitrogens with two attached hydrogens (primary N) is 1. The summed E-state index contributed by atoms with van der Waals surface area (Å²) in [4.78, 5) is 26.9. The number of ether oxygens (including phenoxy) is 1. The molecule has 0 spiro atoms. The van der Waals surface area contributed by atoms with Gasteiger partial charge in [-0.1, -0.05) is 18.2 Å². The lowest BCUT2D eigenvalue weighted by Crippen LogP contribution is -2.48. The monoisotopic (exact) mass is 385 g/mol. The molecular weight excluding hydrogens is 358 g/mol. The van der Waals surface area contributed by atoms with E-state index in [1.165, 1.54) is 7.11 Å². The Morgan fingerprint density at radius 1 is 1.52 bits per heavy atom. The Bertz CT molecular complexity index is 549. The van der Waals surface area contributed by atoms with E-state index in [1.807, 2.05) is 41.6 Å². The number of carbonyl (C=O) groups excluding carboxylic acids is 2. The van der Waals surface area contributed by atoms with Crippen molar-refractivity contribution in [1.82, 2.24) is 10.2 Å². The van der Waals surface area contributed by atoms with Gasteiger partial charge in [-0.05, 0) is 24.9 Å². The fourth-order valence-electron chi connectivity index (χ4n) is 2.18. The van der Waals surface area contributed by atoms with Crippen LogP contribution in [0, 0.1) is 0 Å². The minimum Gasteiger partial charge on any atom is -0.468 e. The van der Waals surface area contributed by atoms with Crippen LogP contribution in [0.3, 0.4) is 0 Å². The molecule has 0 fully saturated rings. The molecular formula is C17H27N3O3S2. The maximum atomic E-state index is 12.5. The second-order valence-electron chi connectivity index (χ2n) is 5.64. The molecule has 140 valence electrons. The maximum absolute atomic E-state index is 12.5. The van der Waals surface area contributed by atoms with Crippen molar-refractivity contribution in [3.63, 3.8) is 0 Å². The molecule has 1 aromatic rings. The second-order valence-corrected chi connectivity index (χ2v) is 7.03. The molecule has 0 aromatic carbocycles. The fourth-order valence-corrected chi connectivity index (χ4v) is 3.05. The Balaban J connectivity index is 2.64. The quantitative estimate of drug-likeness (QED) is 0.302. The van der Waals surface area contributed by atoms with E-state index >= 15 is 0 Å². The first-order valence-electron chi connectivity index (χ1n) is 8.08. The number of nitrogens with one attached hydrogen (secondary N) is 1. The molecule has 0 saturated carbocycles. The van der Waals surface area contributed by atoms with Gasteiger partial charge in [0.2, 0.25) is 5.91 Å². The number of likely N-dealkylation sites (N-methyl/N-ethyl adjacent to an activating group) is 1. The van der Waals surface area contributed by atoms with Gasteiger partial charge in [0.15, 0.2) is 0 Å². The van der Waals surface area contributed by atoms with Crippen molar-refractivity contribution in [1.29, 1.82) is 0 Å². The Hall–Kier alpha value is -1.35. The number of nitrogens with zero attached hydrogens (tertiary/aromatic N) is 1. The van der Waals surface area contributed by atoms with Gasteiger partial charge in [0.1, 0.15) is 6.54 Å². The number of thiophene rings is 1. The van der Waals surface area contributed by atoms with Crippen molar-refractivity contribution < 1.29 is 14.3 Å². The van der Waals surface area contributed by atoms with E-state index in [4.69, 9.17) is 5.73 Å². The highest BCUT2D eigenvalue weighted by atomic mass is 32.1. The van der Waals surface area contributed by atoms with Crippen molar-refractivity contribution in [2.24, 2.45) is 5.73 Å². The summed E-state index contributed by atoms with van der Waals surface area (Å²) in [5.74, 6) is -0.0459. The van der Waals surface area contributed by atoms with Gasteiger partial charge in [-0.25, -0.2) is 0 Å². The summed E-state index contributed by atoms with van der Waals surface area (Å²) in [6.45, 7) is 0.582. The van der Waals surface area contributed by atoms with Crippen LogP contribution in [-0.2, 0) is 20.7 Å². The number of thiol groups is 1. The molecule has 25 heavy (non-hydrogen) atoms. The van der Waals surface area contributed by atoms with Gasteiger partial charge in [0.25, 0.3) is 0 Å². The number of methoxy groups -OCH3 is 1. The van der Waals surface area contributed by atoms with Gasteiger partial charge < -0.3 is 15.8 Å². The van der Waals surface area contributed by atoms with Crippen LogP contribution in [0.15, 0.2) is 29.7 Å². The zero-order valence-corrected chi connectivity index (χ0v) is 16.4. The normalized spacial score (nSPS) is 13.8. The molecule has 1 aromatic heterocycles. The maximum Gasteiger partial charge on any atom is 0.325 e. The van der Waals surface area contributed by atoms with Crippen LogP contribution in [0.25, 0.3) is 0 Å². The van der Waals surface area contributed by atoms with Gasteiger partial charge in [-0.15, -0.1) is 11.3 Å². The number of hydrogen-bond donors (Lipinski definition) is 3. The molecule has 0 saturated heterocycles. The Labute approximate surface area is 158 Å². The van der Waals surface area contributed by atoms with E-state index in [-0.39, 0.29) is 24.5 Å². The number of carbonyl (C=O) groups is 2. The van der Waals surface area contributed by atoms with Gasteiger partial charge in [0.05, 0.1) is 13.2 Å². The van der Waals surface area contributed by atoms with E-state index in [1.54, 1.807) is 11.3 Å². The van der Waals surface area contributed by atoms with Gasteiger partial charge in [-0.3, -0.25) is 14.5 Å². The smallest absolute Gasteiger partial charge is 0.325 e. The van der Waals surface area contributed by atoms with Crippen LogP contribution in [0.4, 0.5) is 0 Å². The summed E-state index contributed by atoms with van der Waals surface area (Å²) in [6.07, 6.45) is 5.31. The largest absolute Gasteiger partial charge is 0.468 e. The average Bonchev–Trinajstić information content (AvgIpc) is 3.13. The van der Waals surface area contributed by atoms with Gasteiger partial charge in [-0.2, -0.15) is 12.6 Å². The molecule has 2 atom stereocenters. The first kappa shape index (κ1) is 21.7. The predicted octanol–water partition coefficient (Wildman–Crippen LogP) is 1.08. The summed E-state index contributed by atoms with van der Waals surface area (Å²) in [5, 5.41) is 4.63. The minimum absolute atomic E-state index is 0.0566.